The lowest BCUT2D eigenvalue weighted by Gasteiger charge is -2.22. The van der Waals surface area contributed by atoms with Crippen LogP contribution in [0.1, 0.15) is 40.5 Å². The average molecular weight is 384 g/mol. The molecule has 11 heteroatoms. The van der Waals surface area contributed by atoms with Crippen molar-refractivity contribution in [1.82, 2.24) is 0 Å². The normalized spacial score (nSPS) is 10.8. The fourth-order valence-electron chi connectivity index (χ4n) is 1.08. The molecule has 0 unspecified atom stereocenters. The van der Waals surface area contributed by atoms with Crippen molar-refractivity contribution in [2.45, 2.75) is 51.7 Å². The van der Waals surface area contributed by atoms with Crippen LogP contribution in [0.25, 0.3) is 0 Å². The second-order valence-corrected chi connectivity index (χ2v) is 6.07. The number of carboxylic acid groups (broad SMARTS) is 2. The number of carbonyl (C=O) groups is 3. The maximum absolute atomic E-state index is 11.2. The van der Waals surface area contributed by atoms with Gasteiger partial charge in [-0.3, -0.25) is 0 Å². The van der Waals surface area contributed by atoms with Crippen molar-refractivity contribution in [2.75, 3.05) is 27.4 Å². The van der Waals surface area contributed by atoms with Crippen molar-refractivity contribution in [3.63, 3.8) is 0 Å². The molecule has 0 saturated heterocycles. The first kappa shape index (κ1) is 26.0. The molecule has 0 aliphatic heterocycles. The lowest BCUT2D eigenvalue weighted by atomic mass is 10.1. The minimum absolute atomic E-state index is 0.0696. The number of rotatable bonds is 8. The topological polar surface area (TPSA) is 147 Å². The molecule has 0 aromatic carbocycles. The van der Waals surface area contributed by atoms with Gasteiger partial charge >= 0.3 is 18.5 Å². The van der Waals surface area contributed by atoms with Crippen molar-refractivity contribution in [3.8, 4) is 0 Å². The van der Waals surface area contributed by atoms with Crippen molar-refractivity contribution in [3.05, 3.63) is 0 Å². The molecule has 0 radical (unpaired) electrons. The fourth-order valence-corrected chi connectivity index (χ4v) is 1.08. The van der Waals surface area contributed by atoms with Gasteiger partial charge in [-0.05, 0) is 27.7 Å². The van der Waals surface area contributed by atoms with Gasteiger partial charge in [0.15, 0.2) is 0 Å². The van der Waals surface area contributed by atoms with Gasteiger partial charge in [-0.1, -0.05) is 0 Å². The fraction of sp³-hybridized carbons (Fsp3) is 0.800. The third kappa shape index (κ3) is 18.1. The van der Waals surface area contributed by atoms with Gasteiger partial charge in [-0.25, -0.2) is 4.79 Å². The van der Waals surface area contributed by atoms with E-state index in [4.69, 9.17) is 34.0 Å². The van der Waals surface area contributed by atoms with E-state index in [9.17, 15) is 9.59 Å². The van der Waals surface area contributed by atoms with E-state index in [1.807, 2.05) is 27.7 Å². The summed E-state index contributed by atoms with van der Waals surface area (Å²) in [6.45, 7) is 7.52. The van der Waals surface area contributed by atoms with Crippen LogP contribution in [0, 0.1) is 0 Å². The summed E-state index contributed by atoms with van der Waals surface area (Å²) in [5.41, 5.74) is -0.845. The van der Waals surface area contributed by atoms with Crippen LogP contribution in [0.4, 0.5) is 14.4 Å². The van der Waals surface area contributed by atoms with Crippen molar-refractivity contribution >= 4 is 18.5 Å². The molecule has 26 heavy (non-hydrogen) atoms. The maximum atomic E-state index is 11.2. The molecular weight excluding hydrogens is 356 g/mol. The van der Waals surface area contributed by atoms with E-state index in [1.165, 1.54) is 0 Å². The summed E-state index contributed by atoms with van der Waals surface area (Å²) in [6.07, 6.45) is -3.15. The van der Waals surface area contributed by atoms with Crippen LogP contribution < -0.4 is 0 Å². The van der Waals surface area contributed by atoms with Gasteiger partial charge in [0.1, 0.15) is 0 Å². The molecule has 154 valence electrons. The molecule has 0 aromatic rings. The first-order valence-corrected chi connectivity index (χ1v) is 7.55. The minimum Gasteiger partial charge on any atom is -0.450 e. The van der Waals surface area contributed by atoms with E-state index in [0.717, 1.165) is 0 Å². The quantitative estimate of drug-likeness (QED) is 0.361. The average Bonchev–Trinajstić information content (AvgIpc) is 2.52. The highest BCUT2D eigenvalue weighted by atomic mass is 17.3. The Morgan fingerprint density at radius 3 is 1.23 bits per heavy atom. The summed E-state index contributed by atoms with van der Waals surface area (Å²) >= 11 is 0. The summed E-state index contributed by atoms with van der Waals surface area (Å²) < 4.78 is 19.7. The highest BCUT2D eigenvalue weighted by Crippen LogP contribution is 2.13. The third-order valence-electron chi connectivity index (χ3n) is 3.13. The standard InChI is InChI=1S/C14H26O8.CH2O3/c1-13(2,17-5)7-9-19-11(15)21-22-12(16)20-10-8-14(3,4)18-6;2-1(3)4/h7-10H2,1-6H3;(H2,2,3,4). The van der Waals surface area contributed by atoms with Gasteiger partial charge < -0.3 is 29.2 Å². The zero-order valence-electron chi connectivity index (χ0n) is 15.9. The molecule has 0 aliphatic rings. The zero-order chi connectivity index (χ0) is 20.8. The van der Waals surface area contributed by atoms with E-state index in [2.05, 4.69) is 9.78 Å². The number of methoxy groups -OCH3 is 2. The smallest absolute Gasteiger partial charge is 0.450 e. The number of ether oxygens (including phenoxy) is 4. The van der Waals surface area contributed by atoms with Gasteiger partial charge in [0.2, 0.25) is 0 Å². The van der Waals surface area contributed by atoms with Crippen LogP contribution in [0.3, 0.4) is 0 Å². The molecule has 0 heterocycles. The Kier molecular flexibility index (Phi) is 13.0. The summed E-state index contributed by atoms with van der Waals surface area (Å²) in [4.78, 5) is 39.2. The Morgan fingerprint density at radius 2 is 1.00 bits per heavy atom. The first-order valence-electron chi connectivity index (χ1n) is 7.55. The molecule has 0 fully saturated rings. The lowest BCUT2D eigenvalue weighted by molar-refractivity contribution is -0.219. The van der Waals surface area contributed by atoms with E-state index in [0.29, 0.717) is 12.8 Å². The molecule has 0 aliphatic carbocycles. The van der Waals surface area contributed by atoms with Gasteiger partial charge in [0.05, 0.1) is 24.4 Å². The highest BCUT2D eigenvalue weighted by Gasteiger charge is 2.20. The van der Waals surface area contributed by atoms with Crippen LogP contribution in [-0.4, -0.2) is 67.3 Å². The van der Waals surface area contributed by atoms with Gasteiger partial charge in [-0.15, -0.1) is 0 Å². The molecule has 0 amide bonds. The molecule has 0 bridgehead atoms. The third-order valence-corrected chi connectivity index (χ3v) is 3.13. The van der Waals surface area contributed by atoms with Gasteiger partial charge in [0, 0.05) is 27.1 Å². The predicted molar refractivity (Wildman–Crippen MR) is 86.9 cm³/mol. The first-order chi connectivity index (χ1) is 11.8. The van der Waals surface area contributed by atoms with E-state index in [1.54, 1.807) is 14.2 Å². The molecule has 0 rings (SSSR count). The van der Waals surface area contributed by atoms with Gasteiger partial charge in [-0.2, -0.15) is 19.4 Å². The second kappa shape index (κ2) is 13.0. The summed E-state index contributed by atoms with van der Waals surface area (Å²) in [5.74, 6) is 0. The Labute approximate surface area is 152 Å². The Bertz CT molecular complexity index is 393. The predicted octanol–water partition coefficient (Wildman–Crippen LogP) is 3.06. The van der Waals surface area contributed by atoms with Crippen LogP contribution in [0.5, 0.6) is 0 Å². The summed E-state index contributed by atoms with van der Waals surface area (Å²) in [7, 11) is 3.12. The molecule has 0 saturated carbocycles. The van der Waals surface area contributed by atoms with E-state index >= 15 is 0 Å². The molecule has 0 atom stereocenters. The number of hydrogen-bond donors (Lipinski definition) is 2. The van der Waals surface area contributed by atoms with Crippen LogP contribution >= 0.6 is 0 Å². The molecule has 11 nitrogen and oxygen atoms in total. The lowest BCUT2D eigenvalue weighted by Crippen LogP contribution is -2.26. The maximum Gasteiger partial charge on any atom is 0.549 e. The van der Waals surface area contributed by atoms with E-state index < -0.39 is 29.7 Å². The summed E-state index contributed by atoms with van der Waals surface area (Å²) in [6, 6.07) is 0. The largest absolute Gasteiger partial charge is 0.549 e. The number of carbonyl (C=O) groups excluding carboxylic acids is 2. The Hall–Kier alpha value is -2.27. The second-order valence-electron chi connectivity index (χ2n) is 6.07. The van der Waals surface area contributed by atoms with Crippen molar-refractivity contribution in [1.29, 1.82) is 0 Å². The van der Waals surface area contributed by atoms with Crippen molar-refractivity contribution < 1.29 is 53.3 Å². The molecule has 0 spiro atoms. The SMILES string of the molecule is COC(C)(C)CCOC(=O)OOC(=O)OCCC(C)(C)OC.O=C(O)O. The highest BCUT2D eigenvalue weighted by molar-refractivity contribution is 5.63. The zero-order valence-corrected chi connectivity index (χ0v) is 15.9. The van der Waals surface area contributed by atoms with Crippen LogP contribution in [0.2, 0.25) is 0 Å². The summed E-state index contributed by atoms with van der Waals surface area (Å²) in [5, 5.41) is 13.9. The van der Waals surface area contributed by atoms with E-state index in [-0.39, 0.29) is 13.2 Å². The molecule has 2 N–H and O–H groups in total. The Balaban J connectivity index is 0. The minimum atomic E-state index is -1.83. The Morgan fingerprint density at radius 1 is 0.731 bits per heavy atom. The molecule has 0 aromatic heterocycles. The van der Waals surface area contributed by atoms with Gasteiger partial charge in [0.25, 0.3) is 0 Å². The van der Waals surface area contributed by atoms with Crippen LogP contribution in [-0.2, 0) is 28.7 Å². The van der Waals surface area contributed by atoms with Crippen molar-refractivity contribution in [2.24, 2.45) is 0 Å². The number of hydrogen-bond acceptors (Lipinski definition) is 9. The van der Waals surface area contributed by atoms with Crippen LogP contribution in [0.15, 0.2) is 0 Å². The molecular formula is C15H28O11. The monoisotopic (exact) mass is 384 g/mol.